The topological polar surface area (TPSA) is 22.3 Å². The van der Waals surface area contributed by atoms with Crippen molar-refractivity contribution in [3.63, 3.8) is 0 Å². The molecule has 0 radical (unpaired) electrons. The molecule has 0 bridgehead atoms. The fourth-order valence-corrected chi connectivity index (χ4v) is 5.45. The molecule has 0 unspecified atom stereocenters. The Kier molecular flexibility index (Phi) is 3.77. The van der Waals surface area contributed by atoms with Gasteiger partial charge in [-0.25, -0.2) is 4.57 Å². The smallest absolute Gasteiger partial charge is 0.260 e. The number of ether oxygens (including phenoxy) is 2. The lowest BCUT2D eigenvalue weighted by atomic mass is 9.34. The van der Waals surface area contributed by atoms with Crippen LogP contribution >= 0.6 is 0 Å². The van der Waals surface area contributed by atoms with Gasteiger partial charge in [-0.15, -0.1) is 0 Å². The number of hydrogen-bond acceptors (Lipinski definition) is 2. The summed E-state index contributed by atoms with van der Waals surface area (Å²) >= 11 is 0. The van der Waals surface area contributed by atoms with Crippen molar-refractivity contribution in [2.45, 2.75) is 6.92 Å². The molecule has 0 fully saturated rings. The molecule has 0 aliphatic carbocycles. The van der Waals surface area contributed by atoms with Gasteiger partial charge < -0.3 is 9.47 Å². The van der Waals surface area contributed by atoms with E-state index < -0.39 is 0 Å². The summed E-state index contributed by atoms with van der Waals surface area (Å²) in [6.45, 7) is 2.24. The second-order valence-electron chi connectivity index (χ2n) is 8.88. The largest absolute Gasteiger partial charge is 0.458 e. The lowest BCUT2D eigenvalue weighted by molar-refractivity contribution is -0.659. The molecule has 7 rings (SSSR count). The minimum Gasteiger partial charge on any atom is -0.458 e. The third-order valence-electron chi connectivity index (χ3n) is 6.98. The van der Waals surface area contributed by atoms with Crippen LogP contribution in [0.1, 0.15) is 5.56 Å². The Bertz CT molecular complexity index is 1610. The molecule has 33 heavy (non-hydrogen) atoms. The molecule has 0 amide bonds. The van der Waals surface area contributed by atoms with Crippen molar-refractivity contribution in [3.05, 3.63) is 96.7 Å². The number of nitrogens with zero attached hydrogens (tertiary/aromatic N) is 1. The minimum absolute atomic E-state index is 0.0736. The number of aryl methyl sites for hydroxylation is 2. The third kappa shape index (κ3) is 2.55. The molecule has 0 saturated carbocycles. The zero-order valence-electron chi connectivity index (χ0n) is 18.5. The maximum absolute atomic E-state index is 6.72. The lowest BCUT2D eigenvalue weighted by Crippen LogP contribution is -2.57. The van der Waals surface area contributed by atoms with Crippen LogP contribution in [0.2, 0.25) is 0 Å². The van der Waals surface area contributed by atoms with Gasteiger partial charge in [-0.3, -0.25) is 0 Å². The van der Waals surface area contributed by atoms with Crippen LogP contribution in [0, 0.1) is 6.92 Å². The molecule has 3 heterocycles. The molecular weight excluding hydrogens is 405 g/mol. The summed E-state index contributed by atoms with van der Waals surface area (Å²) in [7, 11) is 2.11. The van der Waals surface area contributed by atoms with Crippen LogP contribution in [0.15, 0.2) is 91.1 Å². The molecule has 2 aliphatic rings. The van der Waals surface area contributed by atoms with Crippen molar-refractivity contribution in [1.29, 1.82) is 0 Å². The van der Waals surface area contributed by atoms with E-state index in [1.807, 2.05) is 18.2 Å². The zero-order valence-corrected chi connectivity index (χ0v) is 18.5. The minimum atomic E-state index is 0.0736. The number of aromatic nitrogens is 1. The van der Waals surface area contributed by atoms with Crippen molar-refractivity contribution in [3.8, 4) is 34.3 Å². The van der Waals surface area contributed by atoms with E-state index in [4.69, 9.17) is 9.47 Å². The molecule has 4 aromatic carbocycles. The Balaban J connectivity index is 1.60. The molecule has 0 atom stereocenters. The Hall–Kier alpha value is -4.05. The van der Waals surface area contributed by atoms with Gasteiger partial charge in [-0.2, -0.15) is 0 Å². The average molecular weight is 426 g/mol. The second kappa shape index (κ2) is 6.73. The molecule has 0 saturated heterocycles. The Labute approximate surface area is 192 Å². The van der Waals surface area contributed by atoms with Gasteiger partial charge in [-0.05, 0) is 53.1 Å². The molecule has 1 aromatic heterocycles. The molecule has 156 valence electrons. The van der Waals surface area contributed by atoms with E-state index in [2.05, 4.69) is 91.5 Å². The maximum atomic E-state index is 6.72. The van der Waals surface area contributed by atoms with Gasteiger partial charge in [-0.1, -0.05) is 54.6 Å². The summed E-state index contributed by atoms with van der Waals surface area (Å²) in [5.41, 5.74) is 7.10. The monoisotopic (exact) mass is 426 g/mol. The lowest BCUT2D eigenvalue weighted by Gasteiger charge is -2.33. The van der Waals surface area contributed by atoms with Crippen LogP contribution in [0.25, 0.3) is 22.0 Å². The fourth-order valence-electron chi connectivity index (χ4n) is 5.45. The first-order valence-electron chi connectivity index (χ1n) is 11.3. The van der Waals surface area contributed by atoms with Gasteiger partial charge in [0.1, 0.15) is 30.0 Å². The van der Waals surface area contributed by atoms with E-state index in [1.165, 1.54) is 33.1 Å². The zero-order chi connectivity index (χ0) is 22.1. The standard InChI is InChI=1S/C29H21BNO2/c1-18-8-3-4-9-20(18)28-26-19(16-17-31(28)2)14-15-22-29(26)33-25-13-7-12-24-27(25)30(22)21-10-5-6-11-23(21)32-24/h3-17H,1-2H3/q+1. The molecule has 4 heteroatoms. The normalized spacial score (nSPS) is 13.0. The number of benzene rings is 4. The summed E-state index contributed by atoms with van der Waals surface area (Å²) in [5.74, 6) is 3.60. The van der Waals surface area contributed by atoms with E-state index in [-0.39, 0.29) is 6.71 Å². The highest BCUT2D eigenvalue weighted by Gasteiger charge is 2.41. The third-order valence-corrected chi connectivity index (χ3v) is 6.98. The van der Waals surface area contributed by atoms with Gasteiger partial charge in [0.15, 0.2) is 6.20 Å². The van der Waals surface area contributed by atoms with Gasteiger partial charge in [0, 0.05) is 17.1 Å². The Morgan fingerprint density at radius 1 is 0.697 bits per heavy atom. The summed E-state index contributed by atoms with van der Waals surface area (Å²) in [4.78, 5) is 0. The number of hydrogen-bond donors (Lipinski definition) is 0. The fraction of sp³-hybridized carbons (Fsp3) is 0.0690. The highest BCUT2D eigenvalue weighted by atomic mass is 16.5. The van der Waals surface area contributed by atoms with E-state index in [0.717, 1.165) is 33.8 Å². The second-order valence-corrected chi connectivity index (χ2v) is 8.88. The molecule has 3 nitrogen and oxygen atoms in total. The first kappa shape index (κ1) is 18.5. The summed E-state index contributed by atoms with van der Waals surface area (Å²) < 4.78 is 15.2. The quantitative estimate of drug-likeness (QED) is 0.288. The number of para-hydroxylation sites is 1. The van der Waals surface area contributed by atoms with E-state index in [9.17, 15) is 0 Å². The number of rotatable bonds is 1. The van der Waals surface area contributed by atoms with Crippen LogP contribution < -0.4 is 30.4 Å². The van der Waals surface area contributed by atoms with E-state index in [1.54, 1.807) is 0 Å². The van der Waals surface area contributed by atoms with Gasteiger partial charge in [0.05, 0.1) is 5.39 Å². The SMILES string of the molecule is Cc1ccccc1-c1c2c3c(ccc2cc[n+]1C)B1c2ccccc2Oc2cccc(c21)O3. The first-order chi connectivity index (χ1) is 16.2. The van der Waals surface area contributed by atoms with Crippen LogP contribution in [-0.4, -0.2) is 6.71 Å². The molecular formula is C29H21BNO2+. The van der Waals surface area contributed by atoms with Crippen molar-refractivity contribution in [1.82, 2.24) is 0 Å². The molecule has 0 spiro atoms. The van der Waals surface area contributed by atoms with Gasteiger partial charge in [0.25, 0.3) is 6.71 Å². The Morgan fingerprint density at radius 3 is 2.33 bits per heavy atom. The molecule has 0 N–H and O–H groups in total. The predicted octanol–water partition coefficient (Wildman–Crippen LogP) is 4.37. The predicted molar refractivity (Wildman–Crippen MR) is 133 cm³/mol. The van der Waals surface area contributed by atoms with Crippen molar-refractivity contribution in [2.24, 2.45) is 7.05 Å². The van der Waals surface area contributed by atoms with Crippen LogP contribution in [0.5, 0.6) is 23.0 Å². The van der Waals surface area contributed by atoms with Crippen LogP contribution in [0.3, 0.4) is 0 Å². The van der Waals surface area contributed by atoms with Gasteiger partial charge >= 0.3 is 0 Å². The highest BCUT2D eigenvalue weighted by molar-refractivity contribution is 6.98. The molecule has 2 aliphatic heterocycles. The summed E-state index contributed by atoms with van der Waals surface area (Å²) in [6, 6.07) is 29.6. The van der Waals surface area contributed by atoms with E-state index >= 15 is 0 Å². The number of pyridine rings is 1. The van der Waals surface area contributed by atoms with Crippen molar-refractivity contribution >= 4 is 33.9 Å². The number of fused-ring (bicyclic) bond motifs is 6. The maximum Gasteiger partial charge on any atom is 0.260 e. The molecule has 5 aromatic rings. The van der Waals surface area contributed by atoms with Gasteiger partial charge in [0.2, 0.25) is 5.69 Å². The highest BCUT2D eigenvalue weighted by Crippen LogP contribution is 2.40. The van der Waals surface area contributed by atoms with Crippen molar-refractivity contribution < 1.29 is 14.0 Å². The van der Waals surface area contributed by atoms with Crippen LogP contribution in [-0.2, 0) is 7.05 Å². The Morgan fingerprint density at radius 2 is 1.45 bits per heavy atom. The summed E-state index contributed by atoms with van der Waals surface area (Å²) in [6.07, 6.45) is 2.13. The van der Waals surface area contributed by atoms with Crippen LogP contribution in [0.4, 0.5) is 0 Å². The van der Waals surface area contributed by atoms with Crippen molar-refractivity contribution in [2.75, 3.05) is 0 Å². The first-order valence-corrected chi connectivity index (χ1v) is 11.3. The van der Waals surface area contributed by atoms with E-state index in [0.29, 0.717) is 0 Å². The summed E-state index contributed by atoms with van der Waals surface area (Å²) in [5, 5.41) is 2.32. The average Bonchev–Trinajstić information content (AvgIpc) is 2.84.